The monoisotopic (exact) mass is 260 g/mol. The van der Waals surface area contributed by atoms with Crippen LogP contribution in [0.3, 0.4) is 0 Å². The van der Waals surface area contributed by atoms with Crippen molar-refractivity contribution in [3.8, 4) is 5.75 Å². The van der Waals surface area contributed by atoms with Gasteiger partial charge in [0.1, 0.15) is 5.75 Å². The Hall–Kier alpha value is -1.06. The van der Waals surface area contributed by atoms with Crippen LogP contribution in [0.25, 0.3) is 0 Å². The van der Waals surface area contributed by atoms with E-state index in [-0.39, 0.29) is 0 Å². The minimum Gasteiger partial charge on any atom is -0.490 e. The van der Waals surface area contributed by atoms with Crippen LogP contribution in [0.5, 0.6) is 5.75 Å². The first-order valence-corrected chi connectivity index (χ1v) is 7.43. The molecule has 1 saturated heterocycles. The lowest BCUT2D eigenvalue weighted by Gasteiger charge is -2.26. The number of hydrogen-bond acceptors (Lipinski definition) is 3. The van der Waals surface area contributed by atoms with Gasteiger partial charge in [-0.3, -0.25) is 4.90 Å². The van der Waals surface area contributed by atoms with Gasteiger partial charge in [0.25, 0.3) is 0 Å². The lowest BCUT2D eigenvalue weighted by molar-refractivity contribution is 0.120. The van der Waals surface area contributed by atoms with Gasteiger partial charge < -0.3 is 10.5 Å². The molecular formula is C16H24N2O. The summed E-state index contributed by atoms with van der Waals surface area (Å²) in [5.41, 5.74) is 7.18. The Morgan fingerprint density at radius 2 is 2.00 bits per heavy atom. The van der Waals surface area contributed by atoms with E-state index in [2.05, 4.69) is 36.2 Å². The molecule has 1 aliphatic carbocycles. The largest absolute Gasteiger partial charge is 0.490 e. The molecule has 2 fully saturated rings. The molecule has 1 heterocycles. The SMILES string of the molecule is CN1CC(CN)CC1c1ccc(OC2CCC2)cc1. The van der Waals surface area contributed by atoms with Crippen molar-refractivity contribution in [1.29, 1.82) is 0 Å². The maximum absolute atomic E-state index is 5.90. The van der Waals surface area contributed by atoms with E-state index < -0.39 is 0 Å². The van der Waals surface area contributed by atoms with Crippen molar-refractivity contribution in [1.82, 2.24) is 4.90 Å². The molecule has 2 aliphatic rings. The molecule has 0 bridgehead atoms. The lowest BCUT2D eigenvalue weighted by Crippen LogP contribution is -2.24. The molecule has 0 radical (unpaired) electrons. The number of nitrogens with two attached hydrogens (primary N) is 1. The molecule has 0 spiro atoms. The minimum absolute atomic E-state index is 0.460. The number of nitrogens with zero attached hydrogens (tertiary/aromatic N) is 1. The number of benzene rings is 1. The summed E-state index contributed by atoms with van der Waals surface area (Å²) in [4.78, 5) is 2.42. The van der Waals surface area contributed by atoms with Crippen molar-refractivity contribution in [2.24, 2.45) is 11.7 Å². The molecule has 3 heteroatoms. The van der Waals surface area contributed by atoms with E-state index in [0.717, 1.165) is 18.8 Å². The zero-order valence-corrected chi connectivity index (χ0v) is 11.7. The van der Waals surface area contributed by atoms with Gasteiger partial charge in [0.2, 0.25) is 0 Å². The summed E-state index contributed by atoms with van der Waals surface area (Å²) in [6.45, 7) is 1.91. The summed E-state index contributed by atoms with van der Waals surface area (Å²) in [6, 6.07) is 9.20. The highest BCUT2D eigenvalue weighted by atomic mass is 16.5. The number of likely N-dealkylation sites (tertiary alicyclic amines) is 1. The Morgan fingerprint density at radius 1 is 1.26 bits per heavy atom. The maximum atomic E-state index is 5.90. The third-order valence-corrected chi connectivity index (χ3v) is 4.59. The van der Waals surface area contributed by atoms with Crippen molar-refractivity contribution >= 4 is 0 Å². The van der Waals surface area contributed by atoms with Gasteiger partial charge >= 0.3 is 0 Å². The van der Waals surface area contributed by atoms with Crippen LogP contribution >= 0.6 is 0 Å². The number of ether oxygens (including phenoxy) is 1. The number of hydrogen-bond donors (Lipinski definition) is 1. The van der Waals surface area contributed by atoms with Crippen LogP contribution in [-0.2, 0) is 0 Å². The Kier molecular flexibility index (Phi) is 3.76. The lowest BCUT2D eigenvalue weighted by atomic mass is 9.96. The second kappa shape index (κ2) is 5.51. The fraction of sp³-hybridized carbons (Fsp3) is 0.625. The van der Waals surface area contributed by atoms with Crippen molar-refractivity contribution in [3.05, 3.63) is 29.8 Å². The van der Waals surface area contributed by atoms with Crippen LogP contribution in [0.1, 0.15) is 37.3 Å². The molecule has 0 aromatic heterocycles. The molecular weight excluding hydrogens is 236 g/mol. The molecule has 2 atom stereocenters. The summed E-state index contributed by atoms with van der Waals surface area (Å²) in [5.74, 6) is 1.66. The fourth-order valence-electron chi connectivity index (χ4n) is 3.12. The van der Waals surface area contributed by atoms with Crippen LogP contribution in [-0.4, -0.2) is 31.1 Å². The first-order valence-electron chi connectivity index (χ1n) is 7.43. The van der Waals surface area contributed by atoms with Crippen molar-refractivity contribution in [3.63, 3.8) is 0 Å². The summed E-state index contributed by atoms with van der Waals surface area (Å²) >= 11 is 0. The van der Waals surface area contributed by atoms with Crippen LogP contribution < -0.4 is 10.5 Å². The van der Waals surface area contributed by atoms with Gasteiger partial charge in [-0.05, 0) is 62.9 Å². The molecule has 3 rings (SSSR count). The van der Waals surface area contributed by atoms with E-state index in [0.29, 0.717) is 18.1 Å². The van der Waals surface area contributed by atoms with Gasteiger partial charge in [-0.2, -0.15) is 0 Å². The van der Waals surface area contributed by atoms with E-state index in [4.69, 9.17) is 10.5 Å². The van der Waals surface area contributed by atoms with Crippen molar-refractivity contribution < 1.29 is 4.74 Å². The molecule has 2 N–H and O–H groups in total. The topological polar surface area (TPSA) is 38.5 Å². The second-order valence-electron chi connectivity index (χ2n) is 6.03. The first-order chi connectivity index (χ1) is 9.26. The van der Waals surface area contributed by atoms with Crippen LogP contribution in [0.2, 0.25) is 0 Å². The zero-order valence-electron chi connectivity index (χ0n) is 11.7. The highest BCUT2D eigenvalue weighted by Gasteiger charge is 2.29. The Balaban J connectivity index is 1.64. The molecule has 0 amide bonds. The molecule has 1 saturated carbocycles. The molecule has 19 heavy (non-hydrogen) atoms. The highest BCUT2D eigenvalue weighted by Crippen LogP contribution is 2.34. The Labute approximate surface area is 115 Å². The quantitative estimate of drug-likeness (QED) is 0.904. The van der Waals surface area contributed by atoms with Gasteiger partial charge in [0, 0.05) is 12.6 Å². The average Bonchev–Trinajstić information content (AvgIpc) is 2.76. The van der Waals surface area contributed by atoms with Crippen LogP contribution in [0.15, 0.2) is 24.3 Å². The van der Waals surface area contributed by atoms with Gasteiger partial charge in [-0.1, -0.05) is 12.1 Å². The maximum Gasteiger partial charge on any atom is 0.119 e. The first kappa shape index (κ1) is 12.9. The fourth-order valence-corrected chi connectivity index (χ4v) is 3.12. The molecule has 1 aromatic rings. The Morgan fingerprint density at radius 3 is 2.53 bits per heavy atom. The molecule has 3 nitrogen and oxygen atoms in total. The molecule has 2 unspecified atom stereocenters. The molecule has 104 valence electrons. The molecule has 1 aliphatic heterocycles. The standard InChI is InChI=1S/C16H24N2O/c1-18-11-12(10-17)9-16(18)13-5-7-15(8-6-13)19-14-3-2-4-14/h5-8,12,14,16H,2-4,9-11,17H2,1H3. The third-order valence-electron chi connectivity index (χ3n) is 4.59. The van der Waals surface area contributed by atoms with Crippen LogP contribution in [0.4, 0.5) is 0 Å². The number of rotatable bonds is 4. The minimum atomic E-state index is 0.460. The second-order valence-corrected chi connectivity index (χ2v) is 6.03. The van der Waals surface area contributed by atoms with Gasteiger partial charge in [0.15, 0.2) is 0 Å². The van der Waals surface area contributed by atoms with E-state index in [1.165, 1.54) is 31.2 Å². The zero-order chi connectivity index (χ0) is 13.2. The summed E-state index contributed by atoms with van der Waals surface area (Å²) < 4.78 is 5.90. The summed E-state index contributed by atoms with van der Waals surface area (Å²) in [7, 11) is 2.19. The predicted molar refractivity (Wildman–Crippen MR) is 77.2 cm³/mol. The van der Waals surface area contributed by atoms with E-state index in [1.807, 2.05) is 0 Å². The Bertz CT molecular complexity index is 413. The smallest absolute Gasteiger partial charge is 0.119 e. The van der Waals surface area contributed by atoms with Crippen molar-refractivity contribution in [2.75, 3.05) is 20.1 Å². The van der Waals surface area contributed by atoms with Crippen molar-refractivity contribution in [2.45, 2.75) is 37.8 Å². The van der Waals surface area contributed by atoms with E-state index >= 15 is 0 Å². The predicted octanol–water partition coefficient (Wildman–Crippen LogP) is 2.57. The van der Waals surface area contributed by atoms with Gasteiger partial charge in [-0.25, -0.2) is 0 Å². The van der Waals surface area contributed by atoms with E-state index in [9.17, 15) is 0 Å². The summed E-state index contributed by atoms with van der Waals surface area (Å²) in [5, 5.41) is 0. The van der Waals surface area contributed by atoms with Crippen LogP contribution in [0, 0.1) is 5.92 Å². The third kappa shape index (κ3) is 2.77. The van der Waals surface area contributed by atoms with Gasteiger partial charge in [0.05, 0.1) is 6.10 Å². The average molecular weight is 260 g/mol. The highest BCUT2D eigenvalue weighted by molar-refractivity contribution is 5.30. The summed E-state index contributed by atoms with van der Waals surface area (Å²) in [6.07, 6.45) is 5.38. The molecule has 1 aromatic carbocycles. The van der Waals surface area contributed by atoms with E-state index in [1.54, 1.807) is 0 Å². The van der Waals surface area contributed by atoms with Gasteiger partial charge in [-0.15, -0.1) is 0 Å². The normalized spacial score (nSPS) is 28.3.